The van der Waals surface area contributed by atoms with Crippen molar-refractivity contribution in [2.75, 3.05) is 0 Å². The maximum Gasteiger partial charge on any atom is 0.419 e. The summed E-state index contributed by atoms with van der Waals surface area (Å²) in [4.78, 5) is 8.49. The van der Waals surface area contributed by atoms with Gasteiger partial charge in [-0.2, -0.15) is 13.2 Å². The van der Waals surface area contributed by atoms with E-state index < -0.39 is 17.6 Å². The molecule has 2 aromatic carbocycles. The predicted octanol–water partition coefficient (Wildman–Crippen LogP) is 5.49. The second-order valence-electron chi connectivity index (χ2n) is 5.43. The zero-order chi connectivity index (χ0) is 17.8. The Kier molecular flexibility index (Phi) is 3.54. The van der Waals surface area contributed by atoms with Crippen LogP contribution in [0.5, 0.6) is 0 Å². The minimum atomic E-state index is -4.77. The summed E-state index contributed by atoms with van der Waals surface area (Å²) < 4.78 is 54.9. The Balaban J connectivity index is 2.04. The van der Waals surface area contributed by atoms with E-state index in [9.17, 15) is 17.6 Å². The molecule has 2 aromatic heterocycles. The Morgan fingerprint density at radius 3 is 2.52 bits per heavy atom. The second kappa shape index (κ2) is 5.52. The smallest absolute Gasteiger partial charge is 0.298 e. The Morgan fingerprint density at radius 1 is 0.960 bits per heavy atom. The van der Waals surface area contributed by atoms with E-state index in [1.165, 1.54) is 17.0 Å². The largest absolute Gasteiger partial charge is 0.419 e. The van der Waals surface area contributed by atoms with Crippen molar-refractivity contribution >= 4 is 37.9 Å². The van der Waals surface area contributed by atoms with Gasteiger partial charge in [0.1, 0.15) is 17.7 Å². The zero-order valence-electron chi connectivity index (χ0n) is 12.4. The van der Waals surface area contributed by atoms with Gasteiger partial charge in [-0.25, -0.2) is 9.37 Å². The van der Waals surface area contributed by atoms with Crippen molar-refractivity contribution in [3.63, 3.8) is 0 Å². The molecular weight excluding hydrogens is 402 g/mol. The lowest BCUT2D eigenvalue weighted by molar-refractivity contribution is -0.140. The molecule has 0 N–H and O–H groups in total. The summed E-state index contributed by atoms with van der Waals surface area (Å²) >= 11 is 3.38. The lowest BCUT2D eigenvalue weighted by Gasteiger charge is -2.12. The maximum absolute atomic E-state index is 13.6. The number of rotatable bonds is 1. The number of pyridine rings is 1. The molecule has 4 rings (SSSR count). The average molecular weight is 410 g/mol. The van der Waals surface area contributed by atoms with E-state index in [1.54, 1.807) is 12.3 Å². The molecule has 0 saturated carbocycles. The van der Waals surface area contributed by atoms with Crippen LogP contribution in [-0.2, 0) is 6.18 Å². The standard InChI is InChI=1S/C17H8BrF4N3/c18-9-1-4-14-11(5-9)16-15(7-23-14)24-8-25(16)10-2-3-13(19)12(6-10)17(20,21)22/h1-8H. The lowest BCUT2D eigenvalue weighted by atomic mass is 10.1. The Labute approximate surface area is 147 Å². The van der Waals surface area contributed by atoms with E-state index in [0.29, 0.717) is 16.6 Å². The van der Waals surface area contributed by atoms with Crippen LogP contribution in [0.2, 0.25) is 0 Å². The van der Waals surface area contributed by atoms with Crippen molar-refractivity contribution in [1.82, 2.24) is 14.5 Å². The van der Waals surface area contributed by atoms with E-state index in [-0.39, 0.29) is 5.69 Å². The van der Waals surface area contributed by atoms with Crippen LogP contribution in [-0.4, -0.2) is 14.5 Å². The molecule has 0 atom stereocenters. The molecule has 0 aliphatic carbocycles. The van der Waals surface area contributed by atoms with E-state index in [1.807, 2.05) is 12.1 Å². The van der Waals surface area contributed by atoms with Crippen LogP contribution in [0.1, 0.15) is 5.56 Å². The first-order valence-corrected chi connectivity index (χ1v) is 7.92. The topological polar surface area (TPSA) is 30.7 Å². The summed E-state index contributed by atoms with van der Waals surface area (Å²) in [5, 5.41) is 0.724. The van der Waals surface area contributed by atoms with E-state index >= 15 is 0 Å². The van der Waals surface area contributed by atoms with Crippen molar-refractivity contribution in [2.24, 2.45) is 0 Å². The first kappa shape index (κ1) is 16.0. The summed E-state index contributed by atoms with van der Waals surface area (Å²) in [7, 11) is 0. The Hall–Kier alpha value is -2.48. The Bertz CT molecular complexity index is 1120. The highest BCUT2D eigenvalue weighted by Crippen LogP contribution is 2.34. The van der Waals surface area contributed by atoms with Gasteiger partial charge in [-0.05, 0) is 36.4 Å². The number of halogens is 5. The monoisotopic (exact) mass is 409 g/mol. The quantitative estimate of drug-likeness (QED) is 0.389. The Morgan fingerprint density at radius 2 is 1.76 bits per heavy atom. The minimum Gasteiger partial charge on any atom is -0.298 e. The second-order valence-corrected chi connectivity index (χ2v) is 6.35. The number of aromatic nitrogens is 3. The van der Waals surface area contributed by atoms with Gasteiger partial charge in [-0.15, -0.1) is 0 Å². The minimum absolute atomic E-state index is 0.170. The third-order valence-electron chi connectivity index (χ3n) is 3.87. The molecule has 4 aromatic rings. The predicted molar refractivity (Wildman–Crippen MR) is 89.0 cm³/mol. The van der Waals surface area contributed by atoms with E-state index in [0.717, 1.165) is 22.0 Å². The molecule has 0 amide bonds. The number of hydrogen-bond donors (Lipinski definition) is 0. The van der Waals surface area contributed by atoms with Crippen LogP contribution >= 0.6 is 15.9 Å². The molecule has 25 heavy (non-hydrogen) atoms. The van der Waals surface area contributed by atoms with E-state index in [2.05, 4.69) is 25.9 Å². The van der Waals surface area contributed by atoms with Crippen LogP contribution in [0.15, 0.2) is 53.4 Å². The van der Waals surface area contributed by atoms with Crippen molar-refractivity contribution in [3.8, 4) is 5.69 Å². The molecule has 126 valence electrons. The molecule has 0 spiro atoms. The molecule has 0 bridgehead atoms. The highest BCUT2D eigenvalue weighted by Gasteiger charge is 2.34. The fourth-order valence-corrected chi connectivity index (χ4v) is 3.10. The number of nitrogens with zero attached hydrogens (tertiary/aromatic N) is 3. The van der Waals surface area contributed by atoms with Gasteiger partial charge in [0, 0.05) is 15.5 Å². The number of benzene rings is 2. The summed E-state index contributed by atoms with van der Waals surface area (Å²) in [6.45, 7) is 0. The first-order chi connectivity index (χ1) is 11.8. The summed E-state index contributed by atoms with van der Waals surface area (Å²) in [6, 6.07) is 8.31. The fourth-order valence-electron chi connectivity index (χ4n) is 2.74. The molecular formula is C17H8BrF4N3. The van der Waals surface area contributed by atoms with Gasteiger partial charge in [-0.3, -0.25) is 9.55 Å². The molecule has 0 aliphatic heterocycles. The van der Waals surface area contributed by atoms with Crippen molar-refractivity contribution < 1.29 is 17.6 Å². The molecule has 0 unspecified atom stereocenters. The van der Waals surface area contributed by atoms with E-state index in [4.69, 9.17) is 0 Å². The normalized spacial score (nSPS) is 12.2. The van der Waals surface area contributed by atoms with Gasteiger partial charge in [0.2, 0.25) is 0 Å². The number of hydrogen-bond acceptors (Lipinski definition) is 2. The van der Waals surface area contributed by atoms with Crippen LogP contribution < -0.4 is 0 Å². The van der Waals surface area contributed by atoms with Gasteiger partial charge in [0.25, 0.3) is 0 Å². The lowest BCUT2D eigenvalue weighted by Crippen LogP contribution is -2.09. The van der Waals surface area contributed by atoms with Crippen LogP contribution in [0.25, 0.3) is 27.6 Å². The SMILES string of the molecule is Fc1ccc(-n2cnc3cnc4ccc(Br)cc4c32)cc1C(F)(F)F. The number of alkyl halides is 3. The van der Waals surface area contributed by atoms with Crippen molar-refractivity contribution in [1.29, 1.82) is 0 Å². The van der Waals surface area contributed by atoms with Crippen molar-refractivity contribution in [3.05, 3.63) is 64.8 Å². The molecule has 3 nitrogen and oxygen atoms in total. The highest BCUT2D eigenvalue weighted by atomic mass is 79.9. The third-order valence-corrected chi connectivity index (χ3v) is 4.36. The molecule has 0 radical (unpaired) electrons. The average Bonchev–Trinajstić information content (AvgIpc) is 2.98. The zero-order valence-corrected chi connectivity index (χ0v) is 13.9. The molecule has 0 saturated heterocycles. The summed E-state index contributed by atoms with van der Waals surface area (Å²) in [5.74, 6) is -1.31. The molecule has 2 heterocycles. The van der Waals surface area contributed by atoms with Gasteiger partial charge >= 0.3 is 6.18 Å². The van der Waals surface area contributed by atoms with Crippen LogP contribution in [0.4, 0.5) is 17.6 Å². The van der Waals surface area contributed by atoms with Gasteiger partial charge in [0.15, 0.2) is 0 Å². The number of imidazole rings is 1. The van der Waals surface area contributed by atoms with Crippen LogP contribution in [0, 0.1) is 5.82 Å². The summed E-state index contributed by atoms with van der Waals surface area (Å²) in [5.41, 5.74) is 0.667. The highest BCUT2D eigenvalue weighted by molar-refractivity contribution is 9.10. The van der Waals surface area contributed by atoms with Gasteiger partial charge in [0.05, 0.1) is 22.8 Å². The molecule has 8 heteroatoms. The van der Waals surface area contributed by atoms with Gasteiger partial charge < -0.3 is 0 Å². The maximum atomic E-state index is 13.6. The fraction of sp³-hybridized carbons (Fsp3) is 0.0588. The third kappa shape index (κ3) is 2.66. The molecule has 0 aliphatic rings. The first-order valence-electron chi connectivity index (χ1n) is 7.13. The molecule has 0 fully saturated rings. The number of fused-ring (bicyclic) bond motifs is 3. The summed E-state index contributed by atoms with van der Waals surface area (Å²) in [6.07, 6.45) is -1.82. The van der Waals surface area contributed by atoms with Crippen LogP contribution in [0.3, 0.4) is 0 Å². The van der Waals surface area contributed by atoms with Crippen molar-refractivity contribution in [2.45, 2.75) is 6.18 Å². The van der Waals surface area contributed by atoms with Gasteiger partial charge in [-0.1, -0.05) is 15.9 Å².